The second-order valence-corrected chi connectivity index (χ2v) is 5.94. The lowest BCUT2D eigenvalue weighted by atomic mass is 10.3. The van der Waals surface area contributed by atoms with Crippen molar-refractivity contribution in [1.82, 2.24) is 4.98 Å². The van der Waals surface area contributed by atoms with Crippen LogP contribution in [0.3, 0.4) is 0 Å². The molecule has 1 unspecified atom stereocenters. The summed E-state index contributed by atoms with van der Waals surface area (Å²) in [7, 11) is 0. The first-order valence-corrected chi connectivity index (χ1v) is 7.88. The third-order valence-corrected chi connectivity index (χ3v) is 3.86. The van der Waals surface area contributed by atoms with E-state index in [4.69, 9.17) is 10.5 Å². The second-order valence-electron chi connectivity index (χ2n) is 4.58. The van der Waals surface area contributed by atoms with Crippen molar-refractivity contribution in [1.29, 1.82) is 0 Å². The first kappa shape index (κ1) is 16.3. The first-order valence-electron chi connectivity index (χ1n) is 7.00. The normalized spacial score (nSPS) is 11.7. The second kappa shape index (κ2) is 8.41. The number of anilines is 1. The highest BCUT2D eigenvalue weighted by molar-refractivity contribution is 8.00. The molecule has 5 nitrogen and oxygen atoms in total. The van der Waals surface area contributed by atoms with Crippen LogP contribution in [0.4, 0.5) is 5.69 Å². The molecule has 1 amide bonds. The molecule has 6 heteroatoms. The molecular weight excluding hydrogens is 298 g/mol. The summed E-state index contributed by atoms with van der Waals surface area (Å²) in [4.78, 5) is 16.4. The van der Waals surface area contributed by atoms with Gasteiger partial charge in [0.15, 0.2) is 0 Å². The summed E-state index contributed by atoms with van der Waals surface area (Å²) < 4.78 is 5.39. The number of amides is 1. The minimum atomic E-state index is -0.233. The lowest BCUT2D eigenvalue weighted by molar-refractivity contribution is -0.115. The number of pyridine rings is 1. The SMILES string of the molecule is CC(Sc1ccccn1)C(=O)Nc1ccc(OCCN)cc1. The van der Waals surface area contributed by atoms with Crippen LogP contribution in [0.2, 0.25) is 0 Å². The highest BCUT2D eigenvalue weighted by Crippen LogP contribution is 2.22. The lowest BCUT2D eigenvalue weighted by Gasteiger charge is -2.12. The fourth-order valence-electron chi connectivity index (χ4n) is 1.71. The summed E-state index contributed by atoms with van der Waals surface area (Å²) in [6.07, 6.45) is 1.72. The predicted molar refractivity (Wildman–Crippen MR) is 89.2 cm³/mol. The average molecular weight is 317 g/mol. The smallest absolute Gasteiger partial charge is 0.237 e. The van der Waals surface area contributed by atoms with Crippen LogP contribution in [0.1, 0.15) is 6.92 Å². The minimum Gasteiger partial charge on any atom is -0.492 e. The Morgan fingerprint density at radius 1 is 1.32 bits per heavy atom. The Balaban J connectivity index is 1.88. The molecule has 0 saturated heterocycles. The van der Waals surface area contributed by atoms with Gasteiger partial charge in [-0.25, -0.2) is 4.98 Å². The van der Waals surface area contributed by atoms with Gasteiger partial charge in [0.05, 0.1) is 10.3 Å². The molecule has 0 fully saturated rings. The van der Waals surface area contributed by atoms with E-state index in [1.54, 1.807) is 6.20 Å². The number of nitrogens with two attached hydrogens (primary N) is 1. The van der Waals surface area contributed by atoms with Gasteiger partial charge < -0.3 is 15.8 Å². The Hall–Kier alpha value is -2.05. The number of hydrogen-bond acceptors (Lipinski definition) is 5. The number of carbonyl (C=O) groups excluding carboxylic acids is 1. The zero-order valence-electron chi connectivity index (χ0n) is 12.4. The molecule has 2 rings (SSSR count). The van der Waals surface area contributed by atoms with Gasteiger partial charge in [-0.2, -0.15) is 0 Å². The molecule has 1 heterocycles. The molecule has 0 bridgehead atoms. The van der Waals surface area contributed by atoms with Crippen molar-refractivity contribution in [3.05, 3.63) is 48.7 Å². The van der Waals surface area contributed by atoms with Crippen molar-refractivity contribution < 1.29 is 9.53 Å². The van der Waals surface area contributed by atoms with Crippen LogP contribution in [0.5, 0.6) is 5.75 Å². The molecule has 1 aromatic heterocycles. The Labute approximate surface area is 134 Å². The molecule has 0 radical (unpaired) electrons. The Morgan fingerprint density at radius 2 is 2.09 bits per heavy atom. The lowest BCUT2D eigenvalue weighted by Crippen LogP contribution is -2.22. The number of nitrogens with zero attached hydrogens (tertiary/aromatic N) is 1. The van der Waals surface area contributed by atoms with Crippen molar-refractivity contribution in [3.63, 3.8) is 0 Å². The quantitative estimate of drug-likeness (QED) is 0.767. The predicted octanol–water partition coefficient (Wildman–Crippen LogP) is 2.54. The standard InChI is InChI=1S/C16H19N3O2S/c1-12(22-15-4-2-3-10-18-15)16(20)19-13-5-7-14(8-6-13)21-11-9-17/h2-8,10,12H,9,11,17H2,1H3,(H,19,20). The number of benzene rings is 1. The number of ether oxygens (including phenoxy) is 1. The molecule has 0 aliphatic carbocycles. The van der Waals surface area contributed by atoms with Crippen LogP contribution in [-0.2, 0) is 4.79 Å². The molecule has 0 spiro atoms. The van der Waals surface area contributed by atoms with E-state index in [9.17, 15) is 4.79 Å². The number of nitrogens with one attached hydrogen (secondary N) is 1. The Bertz CT molecular complexity index is 590. The largest absolute Gasteiger partial charge is 0.492 e. The van der Waals surface area contributed by atoms with E-state index in [1.807, 2.05) is 49.4 Å². The van der Waals surface area contributed by atoms with Crippen LogP contribution < -0.4 is 15.8 Å². The molecule has 0 aliphatic heterocycles. The van der Waals surface area contributed by atoms with Gasteiger partial charge in [0.1, 0.15) is 12.4 Å². The number of rotatable bonds is 7. The summed E-state index contributed by atoms with van der Waals surface area (Å²) in [6, 6.07) is 12.9. The minimum absolute atomic E-state index is 0.0636. The van der Waals surface area contributed by atoms with E-state index in [1.165, 1.54) is 11.8 Å². The third-order valence-electron chi connectivity index (χ3n) is 2.81. The molecular formula is C16H19N3O2S. The van der Waals surface area contributed by atoms with Gasteiger partial charge >= 0.3 is 0 Å². The number of carbonyl (C=O) groups is 1. The van der Waals surface area contributed by atoms with E-state index in [0.29, 0.717) is 13.2 Å². The highest BCUT2D eigenvalue weighted by Gasteiger charge is 2.15. The third kappa shape index (κ3) is 5.05. The molecule has 0 aliphatic rings. The highest BCUT2D eigenvalue weighted by atomic mass is 32.2. The van der Waals surface area contributed by atoms with Crippen LogP contribution in [0.15, 0.2) is 53.7 Å². The van der Waals surface area contributed by atoms with Crippen LogP contribution in [0.25, 0.3) is 0 Å². The van der Waals surface area contributed by atoms with E-state index < -0.39 is 0 Å². The number of thioether (sulfide) groups is 1. The van der Waals surface area contributed by atoms with Crippen molar-refractivity contribution in [3.8, 4) is 5.75 Å². The molecule has 116 valence electrons. The van der Waals surface area contributed by atoms with Crippen molar-refractivity contribution >= 4 is 23.4 Å². The van der Waals surface area contributed by atoms with Gasteiger partial charge in [0, 0.05) is 18.4 Å². The first-order chi connectivity index (χ1) is 10.7. The Morgan fingerprint density at radius 3 is 2.73 bits per heavy atom. The average Bonchev–Trinajstić information content (AvgIpc) is 2.55. The molecule has 22 heavy (non-hydrogen) atoms. The van der Waals surface area contributed by atoms with Gasteiger partial charge in [-0.1, -0.05) is 17.8 Å². The van der Waals surface area contributed by atoms with Crippen LogP contribution in [0, 0.1) is 0 Å². The zero-order chi connectivity index (χ0) is 15.8. The van der Waals surface area contributed by atoms with Gasteiger partial charge in [-0.3, -0.25) is 4.79 Å². The maximum Gasteiger partial charge on any atom is 0.237 e. The fourth-order valence-corrected chi connectivity index (χ4v) is 2.51. The van der Waals surface area contributed by atoms with E-state index in [0.717, 1.165) is 16.5 Å². The van der Waals surface area contributed by atoms with Crippen LogP contribution >= 0.6 is 11.8 Å². The van der Waals surface area contributed by atoms with Gasteiger partial charge in [-0.05, 0) is 43.3 Å². The van der Waals surface area contributed by atoms with E-state index >= 15 is 0 Å². The topological polar surface area (TPSA) is 77.2 Å². The molecule has 0 saturated carbocycles. The van der Waals surface area contributed by atoms with Crippen molar-refractivity contribution in [2.75, 3.05) is 18.5 Å². The summed E-state index contributed by atoms with van der Waals surface area (Å²) in [5.41, 5.74) is 6.11. The monoisotopic (exact) mass is 317 g/mol. The molecule has 2 aromatic rings. The molecule has 1 aromatic carbocycles. The maximum atomic E-state index is 12.2. The summed E-state index contributed by atoms with van der Waals surface area (Å²) >= 11 is 1.42. The fraction of sp³-hybridized carbons (Fsp3) is 0.250. The number of aromatic nitrogens is 1. The van der Waals surface area contributed by atoms with Crippen molar-refractivity contribution in [2.45, 2.75) is 17.2 Å². The van der Waals surface area contributed by atoms with Crippen LogP contribution in [-0.4, -0.2) is 29.3 Å². The maximum absolute atomic E-state index is 12.2. The van der Waals surface area contributed by atoms with Gasteiger partial charge in [0.25, 0.3) is 0 Å². The summed E-state index contributed by atoms with van der Waals surface area (Å²) in [5.74, 6) is 0.672. The molecule has 3 N–H and O–H groups in total. The van der Waals surface area contributed by atoms with Gasteiger partial charge in [0.2, 0.25) is 5.91 Å². The van der Waals surface area contributed by atoms with Crippen molar-refractivity contribution in [2.24, 2.45) is 5.73 Å². The Kier molecular flexibility index (Phi) is 6.24. The van der Waals surface area contributed by atoms with Gasteiger partial charge in [-0.15, -0.1) is 0 Å². The summed E-state index contributed by atoms with van der Waals surface area (Å²) in [6.45, 7) is 2.80. The van der Waals surface area contributed by atoms with E-state index in [-0.39, 0.29) is 11.2 Å². The molecule has 1 atom stereocenters. The number of hydrogen-bond donors (Lipinski definition) is 2. The van der Waals surface area contributed by atoms with E-state index in [2.05, 4.69) is 10.3 Å². The summed E-state index contributed by atoms with van der Waals surface area (Å²) in [5, 5.41) is 3.47. The zero-order valence-corrected chi connectivity index (χ0v) is 13.2.